The second-order valence-electron chi connectivity index (χ2n) is 7.97. The predicted octanol–water partition coefficient (Wildman–Crippen LogP) is 7.32. The van der Waals surface area contributed by atoms with E-state index in [1.807, 2.05) is 6.07 Å². The standard InChI is InChI=1S/C28H21N3S/c1-3-10-21(11-4-1)25-18-27(22-12-5-2-6-13-22)31(30-25)28-29-26(19-32-28)24-16-15-20-9-7-8-14-23(20)17-24/h1-17,19,27H,18H2/t27-/m1/s1. The molecule has 32 heavy (non-hydrogen) atoms. The van der Waals surface area contributed by atoms with Gasteiger partial charge in [-0.1, -0.05) is 97.1 Å². The lowest BCUT2D eigenvalue weighted by Crippen LogP contribution is -2.18. The summed E-state index contributed by atoms with van der Waals surface area (Å²) in [5.41, 5.74) is 5.65. The zero-order valence-corrected chi connectivity index (χ0v) is 18.2. The van der Waals surface area contributed by atoms with Gasteiger partial charge in [-0.2, -0.15) is 5.10 Å². The van der Waals surface area contributed by atoms with Gasteiger partial charge in [0.05, 0.1) is 17.4 Å². The lowest BCUT2D eigenvalue weighted by Gasteiger charge is -2.21. The van der Waals surface area contributed by atoms with Gasteiger partial charge in [-0.15, -0.1) is 11.3 Å². The highest BCUT2D eigenvalue weighted by Gasteiger charge is 2.31. The minimum Gasteiger partial charge on any atom is -0.231 e. The second-order valence-corrected chi connectivity index (χ2v) is 8.80. The van der Waals surface area contributed by atoms with Crippen molar-refractivity contribution in [2.45, 2.75) is 12.5 Å². The SMILES string of the molecule is c1ccc(C2=NN(c3nc(-c4ccc5ccccc5c4)cs3)[C@@H](c3ccccc3)C2)cc1. The molecule has 0 aliphatic carbocycles. The zero-order chi connectivity index (χ0) is 21.3. The number of benzene rings is 4. The molecule has 4 heteroatoms. The van der Waals surface area contributed by atoms with Crippen LogP contribution in [-0.4, -0.2) is 10.7 Å². The molecule has 0 bridgehead atoms. The average Bonchev–Trinajstić information content (AvgIpc) is 3.53. The van der Waals surface area contributed by atoms with Crippen LogP contribution in [0.2, 0.25) is 0 Å². The summed E-state index contributed by atoms with van der Waals surface area (Å²) in [6, 6.07) is 36.2. The van der Waals surface area contributed by atoms with Crippen molar-refractivity contribution in [3.05, 3.63) is 120 Å². The van der Waals surface area contributed by atoms with E-state index in [2.05, 4.69) is 107 Å². The highest BCUT2D eigenvalue weighted by atomic mass is 32.1. The van der Waals surface area contributed by atoms with E-state index < -0.39 is 0 Å². The topological polar surface area (TPSA) is 28.5 Å². The molecule has 1 aliphatic heterocycles. The molecule has 3 nitrogen and oxygen atoms in total. The van der Waals surface area contributed by atoms with Crippen LogP contribution in [0.1, 0.15) is 23.6 Å². The Bertz CT molecular complexity index is 1410. The van der Waals surface area contributed by atoms with Gasteiger partial charge in [0.2, 0.25) is 5.13 Å². The van der Waals surface area contributed by atoms with Gasteiger partial charge in [-0.25, -0.2) is 9.99 Å². The predicted molar refractivity (Wildman–Crippen MR) is 134 cm³/mol. The molecule has 0 radical (unpaired) electrons. The van der Waals surface area contributed by atoms with Gasteiger partial charge in [0, 0.05) is 17.4 Å². The van der Waals surface area contributed by atoms with Crippen LogP contribution in [0.15, 0.2) is 114 Å². The van der Waals surface area contributed by atoms with E-state index >= 15 is 0 Å². The maximum Gasteiger partial charge on any atom is 0.207 e. The minimum atomic E-state index is 0.141. The van der Waals surface area contributed by atoms with Crippen LogP contribution in [0.3, 0.4) is 0 Å². The van der Waals surface area contributed by atoms with E-state index in [9.17, 15) is 0 Å². The molecule has 0 N–H and O–H groups in total. The van der Waals surface area contributed by atoms with E-state index in [4.69, 9.17) is 10.1 Å². The van der Waals surface area contributed by atoms with Crippen molar-refractivity contribution in [2.75, 3.05) is 5.01 Å². The van der Waals surface area contributed by atoms with Crippen molar-refractivity contribution < 1.29 is 0 Å². The number of rotatable bonds is 4. The summed E-state index contributed by atoms with van der Waals surface area (Å²) >= 11 is 1.65. The summed E-state index contributed by atoms with van der Waals surface area (Å²) in [6.45, 7) is 0. The van der Waals surface area contributed by atoms with Gasteiger partial charge in [-0.05, 0) is 28.0 Å². The molecule has 154 valence electrons. The van der Waals surface area contributed by atoms with Gasteiger partial charge < -0.3 is 0 Å². The van der Waals surface area contributed by atoms with Gasteiger partial charge in [0.1, 0.15) is 0 Å². The molecule has 0 saturated heterocycles. The normalized spacial score (nSPS) is 15.8. The molecule has 0 unspecified atom stereocenters. The third kappa shape index (κ3) is 3.49. The molecule has 2 heterocycles. The van der Waals surface area contributed by atoms with Crippen molar-refractivity contribution in [1.29, 1.82) is 0 Å². The summed E-state index contributed by atoms with van der Waals surface area (Å²) in [6.07, 6.45) is 0.860. The van der Waals surface area contributed by atoms with Gasteiger partial charge in [0.25, 0.3) is 0 Å². The van der Waals surface area contributed by atoms with Crippen LogP contribution in [0.4, 0.5) is 5.13 Å². The van der Waals surface area contributed by atoms with Crippen LogP contribution in [0.25, 0.3) is 22.0 Å². The molecule has 1 aromatic heterocycles. The smallest absolute Gasteiger partial charge is 0.207 e. The molecule has 0 amide bonds. The third-order valence-corrected chi connectivity index (χ3v) is 6.77. The molecule has 6 rings (SSSR count). The van der Waals surface area contributed by atoms with Crippen molar-refractivity contribution >= 4 is 33.0 Å². The molecule has 0 spiro atoms. The van der Waals surface area contributed by atoms with Crippen LogP contribution in [-0.2, 0) is 0 Å². The van der Waals surface area contributed by atoms with Gasteiger partial charge in [-0.3, -0.25) is 0 Å². The van der Waals surface area contributed by atoms with Crippen molar-refractivity contribution in [2.24, 2.45) is 5.10 Å². The van der Waals surface area contributed by atoms with Crippen LogP contribution < -0.4 is 5.01 Å². The first-order valence-electron chi connectivity index (χ1n) is 10.8. The van der Waals surface area contributed by atoms with Crippen molar-refractivity contribution in [3.63, 3.8) is 0 Å². The quantitative estimate of drug-likeness (QED) is 0.298. The Morgan fingerprint density at radius 2 is 1.44 bits per heavy atom. The number of anilines is 1. The number of thiazole rings is 1. The molecule has 4 aromatic carbocycles. The molecule has 0 fully saturated rings. The Morgan fingerprint density at radius 1 is 0.719 bits per heavy atom. The van der Waals surface area contributed by atoms with E-state index in [0.717, 1.165) is 28.5 Å². The number of nitrogens with zero attached hydrogens (tertiary/aromatic N) is 3. The molecular formula is C28H21N3S. The summed E-state index contributed by atoms with van der Waals surface area (Å²) in [4.78, 5) is 5.01. The average molecular weight is 432 g/mol. The largest absolute Gasteiger partial charge is 0.231 e. The summed E-state index contributed by atoms with van der Waals surface area (Å²) in [5.74, 6) is 0. The summed E-state index contributed by atoms with van der Waals surface area (Å²) in [5, 5.41) is 12.7. The Labute approximate surface area is 191 Å². The number of fused-ring (bicyclic) bond motifs is 1. The van der Waals surface area contributed by atoms with Crippen LogP contribution in [0, 0.1) is 0 Å². The lowest BCUT2D eigenvalue weighted by molar-refractivity contribution is 0.706. The minimum absolute atomic E-state index is 0.141. The maximum atomic E-state index is 5.04. The number of hydrogen-bond acceptors (Lipinski definition) is 4. The van der Waals surface area contributed by atoms with E-state index in [0.29, 0.717) is 0 Å². The van der Waals surface area contributed by atoms with E-state index in [1.165, 1.54) is 21.9 Å². The highest BCUT2D eigenvalue weighted by molar-refractivity contribution is 7.14. The zero-order valence-electron chi connectivity index (χ0n) is 17.4. The molecule has 1 atom stereocenters. The van der Waals surface area contributed by atoms with Crippen LogP contribution >= 0.6 is 11.3 Å². The molecule has 1 aliphatic rings. The Hall–Kier alpha value is -3.76. The Morgan fingerprint density at radius 3 is 2.25 bits per heavy atom. The first kappa shape index (κ1) is 19.0. The molecule has 0 saturated carbocycles. The number of hydrazone groups is 1. The van der Waals surface area contributed by atoms with Crippen LogP contribution in [0.5, 0.6) is 0 Å². The first-order chi connectivity index (χ1) is 15.8. The van der Waals surface area contributed by atoms with Gasteiger partial charge in [0.15, 0.2) is 0 Å². The molecule has 5 aromatic rings. The maximum absolute atomic E-state index is 5.04. The Kier molecular flexibility index (Phi) is 4.78. The molecular weight excluding hydrogens is 410 g/mol. The van der Waals surface area contributed by atoms with E-state index in [1.54, 1.807) is 11.3 Å². The number of aromatic nitrogens is 1. The van der Waals surface area contributed by atoms with Gasteiger partial charge >= 0.3 is 0 Å². The summed E-state index contributed by atoms with van der Waals surface area (Å²) < 4.78 is 0. The lowest BCUT2D eigenvalue weighted by atomic mass is 9.99. The van der Waals surface area contributed by atoms with Crippen molar-refractivity contribution in [3.8, 4) is 11.3 Å². The second kappa shape index (κ2) is 8.06. The first-order valence-corrected chi connectivity index (χ1v) is 11.6. The highest BCUT2D eigenvalue weighted by Crippen LogP contribution is 2.39. The van der Waals surface area contributed by atoms with Crippen molar-refractivity contribution in [1.82, 2.24) is 4.98 Å². The fraction of sp³-hybridized carbons (Fsp3) is 0.0714. The number of hydrogen-bond donors (Lipinski definition) is 0. The fourth-order valence-electron chi connectivity index (χ4n) is 4.28. The van der Waals surface area contributed by atoms with E-state index in [-0.39, 0.29) is 6.04 Å². The fourth-order valence-corrected chi connectivity index (χ4v) is 5.11. The summed E-state index contributed by atoms with van der Waals surface area (Å²) in [7, 11) is 0. The Balaban J connectivity index is 1.39. The third-order valence-electron chi connectivity index (χ3n) is 5.94. The monoisotopic (exact) mass is 431 g/mol.